The van der Waals surface area contributed by atoms with Gasteiger partial charge in [0.1, 0.15) is 0 Å². The molecular formula is C17H27N3O2. The van der Waals surface area contributed by atoms with Gasteiger partial charge in [-0.3, -0.25) is 4.79 Å². The summed E-state index contributed by atoms with van der Waals surface area (Å²) in [5, 5.41) is 8.41. The van der Waals surface area contributed by atoms with E-state index >= 15 is 0 Å². The number of rotatable bonds is 8. The van der Waals surface area contributed by atoms with E-state index < -0.39 is 0 Å². The van der Waals surface area contributed by atoms with Gasteiger partial charge in [-0.1, -0.05) is 40.0 Å². The Kier molecular flexibility index (Phi) is 8.04. The van der Waals surface area contributed by atoms with Crippen molar-refractivity contribution in [1.82, 2.24) is 5.32 Å². The minimum atomic E-state index is -0.199. The Balaban J connectivity index is 2.34. The van der Waals surface area contributed by atoms with Crippen molar-refractivity contribution in [1.29, 1.82) is 0 Å². The Bertz CT molecular complexity index is 469. The van der Waals surface area contributed by atoms with Gasteiger partial charge >= 0.3 is 6.03 Å². The predicted molar refractivity (Wildman–Crippen MR) is 91.1 cm³/mol. The number of benzene rings is 1. The smallest absolute Gasteiger partial charge is 0.319 e. The molecule has 0 atom stereocenters. The van der Waals surface area contributed by atoms with Gasteiger partial charge in [-0.25, -0.2) is 4.79 Å². The maximum atomic E-state index is 11.7. The molecule has 0 aliphatic rings. The second kappa shape index (κ2) is 9.82. The van der Waals surface area contributed by atoms with Crippen LogP contribution in [-0.4, -0.2) is 18.5 Å². The molecule has 0 saturated carbocycles. The maximum Gasteiger partial charge on any atom is 0.319 e. The summed E-state index contributed by atoms with van der Waals surface area (Å²) in [6, 6.07) is 6.89. The zero-order chi connectivity index (χ0) is 16.4. The van der Waals surface area contributed by atoms with Gasteiger partial charge in [0, 0.05) is 23.8 Å². The van der Waals surface area contributed by atoms with Crippen LogP contribution < -0.4 is 16.0 Å². The average molecular weight is 305 g/mol. The number of anilines is 2. The Morgan fingerprint density at radius 2 is 1.55 bits per heavy atom. The molecule has 0 radical (unpaired) electrons. The Morgan fingerprint density at radius 1 is 0.955 bits per heavy atom. The highest BCUT2D eigenvalue weighted by molar-refractivity contribution is 5.93. The first kappa shape index (κ1) is 18.0. The zero-order valence-corrected chi connectivity index (χ0v) is 13.7. The summed E-state index contributed by atoms with van der Waals surface area (Å²) in [4.78, 5) is 23.3. The van der Waals surface area contributed by atoms with Crippen molar-refractivity contribution < 1.29 is 9.59 Å². The third-order valence-electron chi connectivity index (χ3n) is 3.25. The van der Waals surface area contributed by atoms with E-state index in [1.807, 2.05) is 13.8 Å². The van der Waals surface area contributed by atoms with Crippen LogP contribution in [0.15, 0.2) is 24.3 Å². The molecule has 0 saturated heterocycles. The highest BCUT2D eigenvalue weighted by Crippen LogP contribution is 2.14. The summed E-state index contributed by atoms with van der Waals surface area (Å²) in [5.74, 6) is -0.0816. The van der Waals surface area contributed by atoms with Crippen molar-refractivity contribution in [3.63, 3.8) is 0 Å². The molecule has 0 spiro atoms. The minimum Gasteiger partial charge on any atom is -0.338 e. The lowest BCUT2D eigenvalue weighted by Crippen LogP contribution is -2.29. The Morgan fingerprint density at radius 3 is 2.09 bits per heavy atom. The fourth-order valence-electron chi connectivity index (χ4n) is 1.85. The molecule has 0 fully saturated rings. The number of unbranched alkanes of at least 4 members (excludes halogenated alkanes) is 3. The molecular weight excluding hydrogens is 278 g/mol. The molecule has 0 bridgehead atoms. The molecule has 0 unspecified atom stereocenters. The second-order valence-corrected chi connectivity index (χ2v) is 5.66. The molecule has 3 amide bonds. The number of nitrogens with one attached hydrogen (secondary N) is 3. The molecule has 3 N–H and O–H groups in total. The number of amides is 3. The quantitative estimate of drug-likeness (QED) is 0.636. The topological polar surface area (TPSA) is 70.2 Å². The Hall–Kier alpha value is -2.04. The van der Waals surface area contributed by atoms with Gasteiger partial charge in [-0.05, 0) is 30.7 Å². The molecule has 122 valence electrons. The van der Waals surface area contributed by atoms with Gasteiger partial charge in [-0.2, -0.15) is 0 Å². The number of hydrogen-bond donors (Lipinski definition) is 3. The summed E-state index contributed by atoms with van der Waals surface area (Å²) < 4.78 is 0. The summed E-state index contributed by atoms with van der Waals surface area (Å²) >= 11 is 0. The number of carbonyl (C=O) groups excluding carboxylic acids is 2. The molecule has 5 nitrogen and oxygen atoms in total. The van der Waals surface area contributed by atoms with Gasteiger partial charge in [0.05, 0.1) is 0 Å². The van der Waals surface area contributed by atoms with Crippen molar-refractivity contribution in [2.75, 3.05) is 17.2 Å². The van der Waals surface area contributed by atoms with Gasteiger partial charge in [0.2, 0.25) is 5.91 Å². The molecule has 5 heteroatoms. The van der Waals surface area contributed by atoms with E-state index in [0.717, 1.165) is 18.5 Å². The lowest BCUT2D eigenvalue weighted by Gasteiger charge is -2.10. The lowest BCUT2D eigenvalue weighted by molar-refractivity contribution is -0.118. The number of urea groups is 1. The van der Waals surface area contributed by atoms with Crippen LogP contribution in [0.4, 0.5) is 16.2 Å². The Labute approximate surface area is 132 Å². The van der Waals surface area contributed by atoms with Gasteiger partial charge in [0.15, 0.2) is 0 Å². The van der Waals surface area contributed by atoms with E-state index in [1.165, 1.54) is 12.8 Å². The van der Waals surface area contributed by atoms with E-state index in [-0.39, 0.29) is 17.9 Å². The third-order valence-corrected chi connectivity index (χ3v) is 3.25. The average Bonchev–Trinajstić information content (AvgIpc) is 2.49. The summed E-state index contributed by atoms with van der Waals surface area (Å²) in [5.41, 5.74) is 1.43. The van der Waals surface area contributed by atoms with Crippen LogP contribution >= 0.6 is 0 Å². The third kappa shape index (κ3) is 7.11. The van der Waals surface area contributed by atoms with Crippen LogP contribution in [0.5, 0.6) is 0 Å². The molecule has 1 aromatic carbocycles. The fourth-order valence-corrected chi connectivity index (χ4v) is 1.85. The highest BCUT2D eigenvalue weighted by atomic mass is 16.2. The van der Waals surface area contributed by atoms with Crippen molar-refractivity contribution in [2.45, 2.75) is 46.5 Å². The molecule has 1 rings (SSSR count). The van der Waals surface area contributed by atoms with Crippen LogP contribution in [0.3, 0.4) is 0 Å². The normalized spacial score (nSPS) is 10.4. The standard InChI is InChI=1S/C17H27N3O2/c1-4-5-6-7-12-18-17(22)20-15-10-8-14(9-11-15)19-16(21)13(2)3/h8-11,13H,4-7,12H2,1-3H3,(H,19,21)(H2,18,20,22). The van der Waals surface area contributed by atoms with Gasteiger partial charge < -0.3 is 16.0 Å². The fraction of sp³-hybridized carbons (Fsp3) is 0.529. The predicted octanol–water partition coefficient (Wildman–Crippen LogP) is 3.98. The van der Waals surface area contributed by atoms with Crippen LogP contribution in [-0.2, 0) is 4.79 Å². The lowest BCUT2D eigenvalue weighted by atomic mass is 10.2. The largest absolute Gasteiger partial charge is 0.338 e. The van der Waals surface area contributed by atoms with Crippen LogP contribution in [0.1, 0.15) is 46.5 Å². The van der Waals surface area contributed by atoms with Crippen molar-refractivity contribution in [3.8, 4) is 0 Å². The molecule has 0 aliphatic heterocycles. The van der Waals surface area contributed by atoms with Crippen LogP contribution in [0, 0.1) is 5.92 Å². The van der Waals surface area contributed by atoms with Crippen molar-refractivity contribution in [2.24, 2.45) is 5.92 Å². The van der Waals surface area contributed by atoms with Crippen LogP contribution in [0.25, 0.3) is 0 Å². The van der Waals surface area contributed by atoms with Crippen molar-refractivity contribution >= 4 is 23.3 Å². The van der Waals surface area contributed by atoms with E-state index in [1.54, 1.807) is 24.3 Å². The first-order chi connectivity index (χ1) is 10.5. The maximum absolute atomic E-state index is 11.7. The number of hydrogen-bond acceptors (Lipinski definition) is 2. The monoisotopic (exact) mass is 305 g/mol. The second-order valence-electron chi connectivity index (χ2n) is 5.66. The molecule has 0 heterocycles. The summed E-state index contributed by atoms with van der Waals surface area (Å²) in [7, 11) is 0. The molecule has 1 aromatic rings. The summed E-state index contributed by atoms with van der Waals surface area (Å²) in [6.07, 6.45) is 4.53. The van der Waals surface area contributed by atoms with E-state index in [2.05, 4.69) is 22.9 Å². The summed E-state index contributed by atoms with van der Waals surface area (Å²) in [6.45, 7) is 6.54. The van der Waals surface area contributed by atoms with E-state index in [0.29, 0.717) is 12.2 Å². The minimum absolute atomic E-state index is 0.0227. The highest BCUT2D eigenvalue weighted by Gasteiger charge is 2.07. The molecule has 0 aromatic heterocycles. The van der Waals surface area contributed by atoms with Gasteiger partial charge in [0.25, 0.3) is 0 Å². The first-order valence-electron chi connectivity index (χ1n) is 7.98. The van der Waals surface area contributed by atoms with Crippen molar-refractivity contribution in [3.05, 3.63) is 24.3 Å². The number of carbonyl (C=O) groups is 2. The SMILES string of the molecule is CCCCCCNC(=O)Nc1ccc(NC(=O)C(C)C)cc1. The van der Waals surface area contributed by atoms with E-state index in [4.69, 9.17) is 0 Å². The van der Waals surface area contributed by atoms with E-state index in [9.17, 15) is 9.59 Å². The van der Waals surface area contributed by atoms with Gasteiger partial charge in [-0.15, -0.1) is 0 Å². The molecule has 22 heavy (non-hydrogen) atoms. The first-order valence-corrected chi connectivity index (χ1v) is 7.98. The molecule has 0 aliphatic carbocycles. The van der Waals surface area contributed by atoms with Crippen LogP contribution in [0.2, 0.25) is 0 Å². The zero-order valence-electron chi connectivity index (χ0n) is 13.7.